The van der Waals surface area contributed by atoms with Crippen LogP contribution >= 0.6 is 0 Å². The summed E-state index contributed by atoms with van der Waals surface area (Å²) in [6.45, 7) is 1.05. The van der Waals surface area contributed by atoms with Crippen molar-refractivity contribution in [1.29, 1.82) is 0 Å². The molecule has 0 radical (unpaired) electrons. The van der Waals surface area contributed by atoms with Crippen LogP contribution in [0.3, 0.4) is 0 Å². The zero-order valence-electron chi connectivity index (χ0n) is 7.20. The minimum atomic E-state index is -4.57. The van der Waals surface area contributed by atoms with Gasteiger partial charge in [0, 0.05) is 5.56 Å². The van der Waals surface area contributed by atoms with Gasteiger partial charge in [-0.2, -0.15) is 13.2 Å². The molecule has 0 aromatic heterocycles. The highest BCUT2D eigenvalue weighted by atomic mass is 19.4. The lowest BCUT2D eigenvalue weighted by atomic mass is 10.0. The number of halogens is 5. The van der Waals surface area contributed by atoms with Crippen LogP contribution in [0, 0.1) is 6.92 Å². The summed E-state index contributed by atoms with van der Waals surface area (Å²) in [4.78, 5) is 0. The highest BCUT2D eigenvalue weighted by Crippen LogP contribution is 2.35. The second kappa shape index (κ2) is 3.55. The third-order valence-electron chi connectivity index (χ3n) is 1.92. The van der Waals surface area contributed by atoms with Gasteiger partial charge >= 0.3 is 6.18 Å². The first-order valence-corrected chi connectivity index (χ1v) is 3.79. The third kappa shape index (κ3) is 2.02. The summed E-state index contributed by atoms with van der Waals surface area (Å²) in [7, 11) is 0. The maximum absolute atomic E-state index is 12.2. The Labute approximate surface area is 77.4 Å². The van der Waals surface area contributed by atoms with Gasteiger partial charge in [0.05, 0.1) is 5.56 Å². The minimum Gasteiger partial charge on any atom is -0.205 e. The number of alkyl halides is 5. The van der Waals surface area contributed by atoms with Gasteiger partial charge in [-0.05, 0) is 18.6 Å². The number of benzene rings is 1. The number of hydrogen-bond acceptors (Lipinski definition) is 0. The average molecular weight is 210 g/mol. The van der Waals surface area contributed by atoms with Gasteiger partial charge in [0.15, 0.2) is 0 Å². The predicted molar refractivity (Wildman–Crippen MR) is 41.1 cm³/mol. The van der Waals surface area contributed by atoms with E-state index in [2.05, 4.69) is 0 Å². The molecule has 14 heavy (non-hydrogen) atoms. The van der Waals surface area contributed by atoms with Crippen molar-refractivity contribution in [3.8, 4) is 0 Å². The summed E-state index contributed by atoms with van der Waals surface area (Å²) >= 11 is 0. The first-order valence-electron chi connectivity index (χ1n) is 3.79. The Morgan fingerprint density at radius 2 is 1.71 bits per heavy atom. The topological polar surface area (TPSA) is 0 Å². The number of hydrogen-bond donors (Lipinski definition) is 0. The second-order valence-corrected chi connectivity index (χ2v) is 2.82. The highest BCUT2D eigenvalue weighted by Gasteiger charge is 2.33. The van der Waals surface area contributed by atoms with E-state index in [1.54, 1.807) is 0 Å². The van der Waals surface area contributed by atoms with Crippen molar-refractivity contribution in [2.45, 2.75) is 19.5 Å². The van der Waals surface area contributed by atoms with Gasteiger partial charge < -0.3 is 0 Å². The SMILES string of the molecule is Cc1c(C(F)F)cccc1C(F)(F)F. The number of rotatable bonds is 1. The van der Waals surface area contributed by atoms with Crippen LogP contribution in [0.25, 0.3) is 0 Å². The molecule has 0 saturated carbocycles. The van der Waals surface area contributed by atoms with Gasteiger partial charge in [0.2, 0.25) is 0 Å². The monoisotopic (exact) mass is 210 g/mol. The van der Waals surface area contributed by atoms with Crippen molar-refractivity contribution in [2.75, 3.05) is 0 Å². The molecule has 1 aromatic rings. The molecule has 0 nitrogen and oxygen atoms in total. The fourth-order valence-corrected chi connectivity index (χ4v) is 1.20. The molecular formula is C9H7F5. The first-order chi connectivity index (χ1) is 6.34. The molecule has 0 fully saturated rings. The van der Waals surface area contributed by atoms with Crippen LogP contribution in [0.5, 0.6) is 0 Å². The van der Waals surface area contributed by atoms with Crippen molar-refractivity contribution < 1.29 is 22.0 Å². The van der Waals surface area contributed by atoms with E-state index in [1.807, 2.05) is 0 Å². The van der Waals surface area contributed by atoms with Gasteiger partial charge in [0.1, 0.15) is 0 Å². The molecule has 0 spiro atoms. The van der Waals surface area contributed by atoms with Crippen molar-refractivity contribution in [2.24, 2.45) is 0 Å². The van der Waals surface area contributed by atoms with Crippen LogP contribution in [-0.4, -0.2) is 0 Å². The average Bonchev–Trinajstić information content (AvgIpc) is 2.01. The lowest BCUT2D eigenvalue weighted by Crippen LogP contribution is -2.09. The van der Waals surface area contributed by atoms with Crippen LogP contribution in [0.2, 0.25) is 0 Å². The van der Waals surface area contributed by atoms with Crippen LogP contribution < -0.4 is 0 Å². The maximum Gasteiger partial charge on any atom is 0.416 e. The summed E-state index contributed by atoms with van der Waals surface area (Å²) < 4.78 is 61.2. The van der Waals surface area contributed by atoms with Gasteiger partial charge in [-0.3, -0.25) is 0 Å². The summed E-state index contributed by atoms with van der Waals surface area (Å²) in [6, 6.07) is 2.77. The van der Waals surface area contributed by atoms with Crippen LogP contribution in [0.1, 0.15) is 23.1 Å². The normalized spacial score (nSPS) is 12.2. The van der Waals surface area contributed by atoms with Crippen LogP contribution in [0.15, 0.2) is 18.2 Å². The van der Waals surface area contributed by atoms with E-state index < -0.39 is 29.3 Å². The molecule has 0 amide bonds. The molecule has 0 atom stereocenters. The molecule has 0 bridgehead atoms. The van der Waals surface area contributed by atoms with E-state index in [1.165, 1.54) is 0 Å². The smallest absolute Gasteiger partial charge is 0.205 e. The lowest BCUT2D eigenvalue weighted by molar-refractivity contribution is -0.138. The van der Waals surface area contributed by atoms with E-state index >= 15 is 0 Å². The Bertz CT molecular complexity index is 326. The van der Waals surface area contributed by atoms with Crippen molar-refractivity contribution in [1.82, 2.24) is 0 Å². The summed E-state index contributed by atoms with van der Waals surface area (Å²) in [6.07, 6.45) is -7.45. The summed E-state index contributed by atoms with van der Waals surface area (Å²) in [5.41, 5.74) is -1.98. The standard InChI is InChI=1S/C9H7F5/c1-5-6(8(10)11)3-2-4-7(5)9(12,13)14/h2-4,8H,1H3. The molecule has 1 rings (SSSR count). The Balaban J connectivity index is 3.28. The van der Waals surface area contributed by atoms with Crippen LogP contribution in [-0.2, 0) is 6.18 Å². The van der Waals surface area contributed by atoms with Gasteiger partial charge in [0.25, 0.3) is 6.43 Å². The minimum absolute atomic E-state index is 0.407. The fourth-order valence-electron chi connectivity index (χ4n) is 1.20. The molecule has 0 heterocycles. The zero-order valence-corrected chi connectivity index (χ0v) is 7.20. The Morgan fingerprint density at radius 1 is 1.14 bits per heavy atom. The van der Waals surface area contributed by atoms with E-state index in [9.17, 15) is 22.0 Å². The van der Waals surface area contributed by atoms with E-state index in [4.69, 9.17) is 0 Å². The summed E-state index contributed by atoms with van der Waals surface area (Å²) in [5.74, 6) is 0. The lowest BCUT2D eigenvalue weighted by Gasteiger charge is -2.12. The van der Waals surface area contributed by atoms with Crippen molar-refractivity contribution in [3.63, 3.8) is 0 Å². The Kier molecular flexibility index (Phi) is 2.78. The molecule has 0 aliphatic carbocycles. The molecule has 78 valence electrons. The molecule has 0 unspecified atom stereocenters. The molecule has 0 N–H and O–H groups in total. The summed E-state index contributed by atoms with van der Waals surface area (Å²) in [5, 5.41) is 0. The van der Waals surface area contributed by atoms with Gasteiger partial charge in [-0.15, -0.1) is 0 Å². The predicted octanol–water partition coefficient (Wildman–Crippen LogP) is 3.95. The first kappa shape index (κ1) is 10.9. The van der Waals surface area contributed by atoms with E-state index in [0.717, 1.165) is 25.1 Å². The molecule has 0 saturated heterocycles. The van der Waals surface area contributed by atoms with E-state index in [-0.39, 0.29) is 0 Å². The fraction of sp³-hybridized carbons (Fsp3) is 0.333. The van der Waals surface area contributed by atoms with Crippen LogP contribution in [0.4, 0.5) is 22.0 Å². The van der Waals surface area contributed by atoms with Crippen molar-refractivity contribution >= 4 is 0 Å². The zero-order chi connectivity index (χ0) is 10.9. The molecule has 1 aromatic carbocycles. The maximum atomic E-state index is 12.2. The van der Waals surface area contributed by atoms with Gasteiger partial charge in [-0.1, -0.05) is 12.1 Å². The molecule has 5 heteroatoms. The molecule has 0 aliphatic heterocycles. The third-order valence-corrected chi connectivity index (χ3v) is 1.92. The molecular weight excluding hydrogens is 203 g/mol. The highest BCUT2D eigenvalue weighted by molar-refractivity contribution is 5.36. The largest absolute Gasteiger partial charge is 0.416 e. The second-order valence-electron chi connectivity index (χ2n) is 2.82. The quantitative estimate of drug-likeness (QED) is 0.615. The van der Waals surface area contributed by atoms with Gasteiger partial charge in [-0.25, -0.2) is 8.78 Å². The van der Waals surface area contributed by atoms with E-state index in [0.29, 0.717) is 0 Å². The van der Waals surface area contributed by atoms with Crippen molar-refractivity contribution in [3.05, 3.63) is 34.9 Å². The molecule has 0 aliphatic rings. The Morgan fingerprint density at radius 3 is 2.14 bits per heavy atom. The Hall–Kier alpha value is -1.13.